The molecule has 2 fully saturated rings. The lowest BCUT2D eigenvalue weighted by Crippen LogP contribution is -2.44. The van der Waals surface area contributed by atoms with E-state index in [2.05, 4.69) is 9.88 Å². The van der Waals surface area contributed by atoms with E-state index in [-0.39, 0.29) is 5.82 Å². The molecule has 0 spiro atoms. The van der Waals surface area contributed by atoms with Crippen molar-refractivity contribution in [3.05, 3.63) is 23.1 Å². The molecule has 6 heteroatoms. The summed E-state index contributed by atoms with van der Waals surface area (Å²) in [5.41, 5.74) is 0. The molecule has 1 unspecified atom stereocenters. The fourth-order valence-electron chi connectivity index (χ4n) is 2.81. The number of pyridine rings is 1. The van der Waals surface area contributed by atoms with Gasteiger partial charge in [-0.2, -0.15) is 0 Å². The van der Waals surface area contributed by atoms with Gasteiger partial charge in [0.1, 0.15) is 0 Å². The summed E-state index contributed by atoms with van der Waals surface area (Å²) in [5.74, 6) is 0.0790. The van der Waals surface area contributed by atoms with Crippen molar-refractivity contribution in [2.24, 2.45) is 0 Å². The molecule has 2 aliphatic heterocycles. The number of hydrogen-bond acceptors (Lipinski definition) is 4. The molecule has 104 valence electrons. The first-order valence-electron chi connectivity index (χ1n) is 6.62. The highest BCUT2D eigenvalue weighted by molar-refractivity contribution is 6.30. The van der Waals surface area contributed by atoms with Gasteiger partial charge in [0.05, 0.1) is 18.2 Å². The Kier molecular flexibility index (Phi) is 3.86. The Morgan fingerprint density at radius 1 is 1.32 bits per heavy atom. The Morgan fingerprint density at radius 3 is 2.84 bits per heavy atom. The molecule has 0 amide bonds. The van der Waals surface area contributed by atoms with Crippen LogP contribution >= 0.6 is 11.6 Å². The summed E-state index contributed by atoms with van der Waals surface area (Å²) in [6.07, 6.45) is 2.55. The van der Waals surface area contributed by atoms with Crippen LogP contribution in [-0.2, 0) is 4.74 Å². The maximum absolute atomic E-state index is 13.8. The molecule has 1 atom stereocenters. The molecule has 1 aromatic rings. The van der Waals surface area contributed by atoms with Crippen LogP contribution in [0.2, 0.25) is 5.02 Å². The molecule has 1 aromatic heterocycles. The van der Waals surface area contributed by atoms with E-state index in [0.717, 1.165) is 45.8 Å². The molecular weight excluding hydrogens is 269 g/mol. The fraction of sp³-hybridized carbons (Fsp3) is 0.615. The van der Waals surface area contributed by atoms with Crippen molar-refractivity contribution in [1.29, 1.82) is 0 Å². The lowest BCUT2D eigenvalue weighted by atomic mass is 10.2. The van der Waals surface area contributed by atoms with Gasteiger partial charge in [-0.05, 0) is 12.5 Å². The zero-order valence-corrected chi connectivity index (χ0v) is 11.4. The number of anilines is 1. The molecule has 4 nitrogen and oxygen atoms in total. The van der Waals surface area contributed by atoms with E-state index in [0.29, 0.717) is 16.9 Å². The smallest absolute Gasteiger partial charge is 0.167 e. The Bertz CT molecular complexity index is 454. The van der Waals surface area contributed by atoms with Crippen molar-refractivity contribution in [1.82, 2.24) is 9.88 Å². The van der Waals surface area contributed by atoms with Gasteiger partial charge in [-0.25, -0.2) is 9.37 Å². The summed E-state index contributed by atoms with van der Waals surface area (Å²) in [7, 11) is 0. The third-order valence-corrected chi connectivity index (χ3v) is 4.02. The van der Waals surface area contributed by atoms with Crippen LogP contribution < -0.4 is 4.90 Å². The second-order valence-corrected chi connectivity index (χ2v) is 5.43. The third kappa shape index (κ3) is 2.83. The van der Waals surface area contributed by atoms with Crippen LogP contribution in [0.4, 0.5) is 10.2 Å². The van der Waals surface area contributed by atoms with Crippen LogP contribution in [0, 0.1) is 5.82 Å². The van der Waals surface area contributed by atoms with E-state index < -0.39 is 0 Å². The average molecular weight is 286 g/mol. The molecular formula is C13H17ClFN3O. The van der Waals surface area contributed by atoms with Crippen LogP contribution in [-0.4, -0.2) is 55.3 Å². The van der Waals surface area contributed by atoms with Crippen molar-refractivity contribution in [3.8, 4) is 0 Å². The number of hydrogen-bond donors (Lipinski definition) is 0. The van der Waals surface area contributed by atoms with E-state index >= 15 is 0 Å². The maximum Gasteiger partial charge on any atom is 0.167 e. The van der Waals surface area contributed by atoms with Crippen LogP contribution in [0.3, 0.4) is 0 Å². The van der Waals surface area contributed by atoms with E-state index in [1.807, 2.05) is 4.90 Å². The van der Waals surface area contributed by atoms with Crippen LogP contribution in [0.1, 0.15) is 6.42 Å². The van der Waals surface area contributed by atoms with Crippen molar-refractivity contribution >= 4 is 17.4 Å². The van der Waals surface area contributed by atoms with Gasteiger partial charge in [0.15, 0.2) is 11.6 Å². The van der Waals surface area contributed by atoms with Gasteiger partial charge in [-0.3, -0.25) is 4.90 Å². The summed E-state index contributed by atoms with van der Waals surface area (Å²) in [4.78, 5) is 8.55. The van der Waals surface area contributed by atoms with Gasteiger partial charge in [-0.15, -0.1) is 0 Å². The Labute approximate surface area is 117 Å². The summed E-state index contributed by atoms with van der Waals surface area (Å²) >= 11 is 5.73. The average Bonchev–Trinajstić information content (AvgIpc) is 2.89. The molecule has 0 N–H and O–H groups in total. The maximum atomic E-state index is 13.8. The standard InChI is InChI=1S/C13H17ClFN3O/c14-10-7-12(15)13(16-8-10)18-2-1-11(9-18)17-3-5-19-6-4-17/h7-8,11H,1-6,9H2. The topological polar surface area (TPSA) is 28.6 Å². The summed E-state index contributed by atoms with van der Waals surface area (Å²) in [5, 5.41) is 0.338. The van der Waals surface area contributed by atoms with Gasteiger partial charge in [-0.1, -0.05) is 11.6 Å². The minimum Gasteiger partial charge on any atom is -0.379 e. The molecule has 2 aliphatic rings. The molecule has 3 heterocycles. The first-order chi connectivity index (χ1) is 9.24. The lowest BCUT2D eigenvalue weighted by molar-refractivity contribution is 0.0209. The molecule has 19 heavy (non-hydrogen) atoms. The van der Waals surface area contributed by atoms with Crippen molar-refractivity contribution in [2.45, 2.75) is 12.5 Å². The molecule has 0 radical (unpaired) electrons. The summed E-state index contributed by atoms with van der Waals surface area (Å²) < 4.78 is 19.2. The Balaban J connectivity index is 1.67. The van der Waals surface area contributed by atoms with Crippen LogP contribution in [0.15, 0.2) is 12.3 Å². The molecule has 2 saturated heterocycles. The van der Waals surface area contributed by atoms with Crippen molar-refractivity contribution in [3.63, 3.8) is 0 Å². The van der Waals surface area contributed by atoms with Crippen molar-refractivity contribution in [2.75, 3.05) is 44.3 Å². The normalized spacial score (nSPS) is 24.9. The second kappa shape index (κ2) is 5.61. The summed E-state index contributed by atoms with van der Waals surface area (Å²) in [6, 6.07) is 1.80. The lowest BCUT2D eigenvalue weighted by Gasteiger charge is -2.32. The highest BCUT2D eigenvalue weighted by Gasteiger charge is 2.30. The van der Waals surface area contributed by atoms with Gasteiger partial charge >= 0.3 is 0 Å². The quantitative estimate of drug-likeness (QED) is 0.828. The second-order valence-electron chi connectivity index (χ2n) is 5.00. The monoisotopic (exact) mass is 285 g/mol. The predicted molar refractivity (Wildman–Crippen MR) is 72.2 cm³/mol. The van der Waals surface area contributed by atoms with Gasteiger partial charge in [0.2, 0.25) is 0 Å². The van der Waals surface area contributed by atoms with Crippen LogP contribution in [0.25, 0.3) is 0 Å². The molecule has 0 aliphatic carbocycles. The van der Waals surface area contributed by atoms with Crippen LogP contribution in [0.5, 0.6) is 0 Å². The molecule has 0 saturated carbocycles. The van der Waals surface area contributed by atoms with Crippen molar-refractivity contribution < 1.29 is 9.13 Å². The Morgan fingerprint density at radius 2 is 2.11 bits per heavy atom. The largest absolute Gasteiger partial charge is 0.379 e. The first-order valence-corrected chi connectivity index (χ1v) is 6.99. The SMILES string of the molecule is Fc1cc(Cl)cnc1N1CCC(N2CCOCC2)C1. The number of ether oxygens (including phenoxy) is 1. The fourth-order valence-corrected chi connectivity index (χ4v) is 2.96. The van der Waals surface area contributed by atoms with Gasteiger partial charge < -0.3 is 9.64 Å². The van der Waals surface area contributed by atoms with Gasteiger partial charge in [0, 0.05) is 38.4 Å². The predicted octanol–water partition coefficient (Wildman–Crippen LogP) is 1.78. The van der Waals surface area contributed by atoms with E-state index in [4.69, 9.17) is 16.3 Å². The molecule has 3 rings (SSSR count). The highest BCUT2D eigenvalue weighted by atomic mass is 35.5. The number of aromatic nitrogens is 1. The number of rotatable bonds is 2. The minimum atomic E-state index is -0.338. The molecule has 0 bridgehead atoms. The summed E-state index contributed by atoms with van der Waals surface area (Å²) in [6.45, 7) is 5.19. The zero-order valence-electron chi connectivity index (χ0n) is 10.7. The highest BCUT2D eigenvalue weighted by Crippen LogP contribution is 2.25. The number of halogens is 2. The van der Waals surface area contributed by atoms with E-state index in [1.165, 1.54) is 12.3 Å². The zero-order chi connectivity index (χ0) is 13.2. The first kappa shape index (κ1) is 13.1. The Hall–Kier alpha value is -0.910. The molecule has 0 aromatic carbocycles. The van der Waals surface area contributed by atoms with E-state index in [9.17, 15) is 4.39 Å². The number of nitrogens with zero attached hydrogens (tertiary/aromatic N) is 3. The minimum absolute atomic E-state index is 0.338. The van der Waals surface area contributed by atoms with Gasteiger partial charge in [0.25, 0.3) is 0 Å². The number of morpholine rings is 1. The third-order valence-electron chi connectivity index (χ3n) is 3.81. The van der Waals surface area contributed by atoms with E-state index in [1.54, 1.807) is 0 Å².